The number of thioether (sulfide) groups is 1. The first-order valence-corrected chi connectivity index (χ1v) is 12.4. The lowest BCUT2D eigenvalue weighted by molar-refractivity contribution is -0.150. The average Bonchev–Trinajstić information content (AvgIpc) is 3.01. The van der Waals surface area contributed by atoms with E-state index in [2.05, 4.69) is 10.6 Å². The van der Waals surface area contributed by atoms with Gasteiger partial charge < -0.3 is 15.4 Å². The molecule has 2 atom stereocenters. The Kier molecular flexibility index (Phi) is 8.51. The topological polar surface area (TPSA) is 119 Å². The number of esters is 1. The van der Waals surface area contributed by atoms with Gasteiger partial charge in [-0.05, 0) is 43.9 Å². The summed E-state index contributed by atoms with van der Waals surface area (Å²) in [7, 11) is -3.11. The summed E-state index contributed by atoms with van der Waals surface area (Å²) in [6, 6.07) is 5.66. The van der Waals surface area contributed by atoms with Crippen LogP contribution < -0.4 is 10.6 Å². The van der Waals surface area contributed by atoms with Gasteiger partial charge in [-0.1, -0.05) is 17.7 Å². The lowest BCUT2D eigenvalue weighted by atomic mass is 10.1. The Hall–Kier alpha value is -2.07. The molecular weight excluding hydrogens is 416 g/mol. The lowest BCUT2D eigenvalue weighted by Gasteiger charge is -2.18. The Balaban J connectivity index is 1.89. The minimum Gasteiger partial charge on any atom is -0.454 e. The number of ether oxygens (including phenoxy) is 1. The van der Waals surface area contributed by atoms with Crippen LogP contribution in [0, 0.1) is 6.92 Å². The van der Waals surface area contributed by atoms with Gasteiger partial charge in [0, 0.05) is 11.6 Å². The minimum absolute atomic E-state index is 0.0412. The van der Waals surface area contributed by atoms with E-state index in [0.717, 1.165) is 5.56 Å². The van der Waals surface area contributed by atoms with Crippen LogP contribution in [-0.2, 0) is 24.2 Å². The van der Waals surface area contributed by atoms with Crippen molar-refractivity contribution in [3.8, 4) is 0 Å². The second-order valence-electron chi connectivity index (χ2n) is 6.95. The summed E-state index contributed by atoms with van der Waals surface area (Å²) in [5, 5.41) is 5.22. The summed E-state index contributed by atoms with van der Waals surface area (Å²) in [5.41, 5.74) is 1.36. The van der Waals surface area contributed by atoms with E-state index in [1.165, 1.54) is 11.8 Å². The Morgan fingerprint density at radius 1 is 1.31 bits per heavy atom. The van der Waals surface area contributed by atoms with Crippen molar-refractivity contribution in [3.63, 3.8) is 0 Å². The van der Waals surface area contributed by atoms with Crippen molar-refractivity contribution in [2.24, 2.45) is 0 Å². The van der Waals surface area contributed by atoms with Crippen LogP contribution in [0.15, 0.2) is 24.3 Å². The van der Waals surface area contributed by atoms with E-state index in [4.69, 9.17) is 4.74 Å². The summed E-state index contributed by atoms with van der Waals surface area (Å²) in [4.78, 5) is 36.8. The molecule has 8 nitrogen and oxygen atoms in total. The monoisotopic (exact) mass is 442 g/mol. The standard InChI is InChI=1S/C19H26N2O6S2/c1-13-4-3-5-14(10-13)18(23)21-16(6-8-28-2)19(24)27-11-17(22)20-15-7-9-29(25,26)12-15/h3-5,10,15-16H,6-9,11-12H2,1-2H3,(H,20,22)(H,21,23). The van der Waals surface area contributed by atoms with E-state index in [0.29, 0.717) is 24.2 Å². The van der Waals surface area contributed by atoms with E-state index in [-0.39, 0.29) is 11.5 Å². The third-order valence-electron chi connectivity index (χ3n) is 4.42. The molecular formula is C19H26N2O6S2. The van der Waals surface area contributed by atoms with Gasteiger partial charge in [0.25, 0.3) is 11.8 Å². The maximum atomic E-state index is 12.4. The molecule has 1 aliphatic heterocycles. The van der Waals surface area contributed by atoms with Gasteiger partial charge in [-0.25, -0.2) is 13.2 Å². The number of rotatable bonds is 9. The minimum atomic E-state index is -3.11. The van der Waals surface area contributed by atoms with Crippen LogP contribution in [-0.4, -0.2) is 68.4 Å². The van der Waals surface area contributed by atoms with Gasteiger partial charge in [0.05, 0.1) is 11.5 Å². The molecule has 0 bridgehead atoms. The van der Waals surface area contributed by atoms with Crippen LogP contribution >= 0.6 is 11.8 Å². The van der Waals surface area contributed by atoms with Crippen molar-refractivity contribution < 1.29 is 27.5 Å². The normalized spacial score (nSPS) is 18.6. The molecule has 0 radical (unpaired) electrons. The fraction of sp³-hybridized carbons (Fsp3) is 0.526. The van der Waals surface area contributed by atoms with E-state index in [1.807, 2.05) is 19.2 Å². The Bertz CT molecular complexity index is 856. The Labute approximate surface area is 175 Å². The van der Waals surface area contributed by atoms with Crippen molar-refractivity contribution >= 4 is 39.4 Å². The van der Waals surface area contributed by atoms with E-state index >= 15 is 0 Å². The fourth-order valence-corrected chi connectivity index (χ4v) is 5.07. The summed E-state index contributed by atoms with van der Waals surface area (Å²) in [5.74, 6) is -1.09. The van der Waals surface area contributed by atoms with Gasteiger partial charge in [0.15, 0.2) is 16.4 Å². The fourth-order valence-electron chi connectivity index (χ4n) is 2.93. The number of nitrogens with one attached hydrogen (secondary N) is 2. The van der Waals surface area contributed by atoms with Crippen molar-refractivity contribution in [1.29, 1.82) is 0 Å². The first-order chi connectivity index (χ1) is 13.7. The molecule has 0 aromatic heterocycles. The molecule has 1 aromatic carbocycles. The molecule has 160 valence electrons. The van der Waals surface area contributed by atoms with Crippen molar-refractivity contribution in [2.75, 3.05) is 30.1 Å². The average molecular weight is 443 g/mol. The first-order valence-electron chi connectivity index (χ1n) is 9.23. The van der Waals surface area contributed by atoms with E-state index in [1.54, 1.807) is 18.2 Å². The summed E-state index contributed by atoms with van der Waals surface area (Å²) >= 11 is 1.52. The van der Waals surface area contributed by atoms with Gasteiger partial charge in [-0.3, -0.25) is 9.59 Å². The number of hydrogen-bond donors (Lipinski definition) is 2. The van der Waals surface area contributed by atoms with Crippen LogP contribution in [0.4, 0.5) is 0 Å². The summed E-state index contributed by atoms with van der Waals surface area (Å²) in [6.07, 6.45) is 2.60. The molecule has 2 N–H and O–H groups in total. The number of sulfone groups is 1. The Morgan fingerprint density at radius 3 is 2.69 bits per heavy atom. The maximum Gasteiger partial charge on any atom is 0.329 e. The van der Waals surface area contributed by atoms with Crippen LogP contribution in [0.25, 0.3) is 0 Å². The molecule has 1 aromatic rings. The maximum absolute atomic E-state index is 12.4. The van der Waals surface area contributed by atoms with Gasteiger partial charge in [-0.2, -0.15) is 11.8 Å². The zero-order valence-electron chi connectivity index (χ0n) is 16.5. The third-order valence-corrected chi connectivity index (χ3v) is 6.84. The van der Waals surface area contributed by atoms with E-state index < -0.39 is 46.3 Å². The predicted octanol–water partition coefficient (Wildman–Crippen LogP) is 0.693. The number of hydrogen-bond acceptors (Lipinski definition) is 7. The quantitative estimate of drug-likeness (QED) is 0.540. The van der Waals surface area contributed by atoms with Crippen LogP contribution in [0.5, 0.6) is 0 Å². The van der Waals surface area contributed by atoms with Crippen molar-refractivity contribution in [3.05, 3.63) is 35.4 Å². The second kappa shape index (κ2) is 10.6. The molecule has 2 unspecified atom stereocenters. The zero-order valence-corrected chi connectivity index (χ0v) is 18.1. The smallest absolute Gasteiger partial charge is 0.329 e. The molecule has 10 heteroatoms. The Morgan fingerprint density at radius 2 is 2.07 bits per heavy atom. The highest BCUT2D eigenvalue weighted by molar-refractivity contribution is 7.98. The zero-order chi connectivity index (χ0) is 21.4. The first kappa shape index (κ1) is 23.2. The van der Waals surface area contributed by atoms with Crippen molar-refractivity contribution in [2.45, 2.75) is 31.8 Å². The second-order valence-corrected chi connectivity index (χ2v) is 10.2. The molecule has 29 heavy (non-hydrogen) atoms. The van der Waals surface area contributed by atoms with Crippen LogP contribution in [0.2, 0.25) is 0 Å². The van der Waals surface area contributed by atoms with Crippen LogP contribution in [0.1, 0.15) is 28.8 Å². The summed E-state index contributed by atoms with van der Waals surface area (Å²) < 4.78 is 27.9. The lowest BCUT2D eigenvalue weighted by Crippen LogP contribution is -2.44. The van der Waals surface area contributed by atoms with Gasteiger partial charge in [0.1, 0.15) is 6.04 Å². The summed E-state index contributed by atoms with van der Waals surface area (Å²) in [6.45, 7) is 1.34. The number of carbonyl (C=O) groups is 3. The molecule has 2 rings (SSSR count). The predicted molar refractivity (Wildman–Crippen MR) is 112 cm³/mol. The molecule has 1 heterocycles. The molecule has 1 saturated heterocycles. The number of benzene rings is 1. The molecule has 1 fully saturated rings. The third kappa shape index (κ3) is 7.69. The van der Waals surface area contributed by atoms with Gasteiger partial charge in [0.2, 0.25) is 0 Å². The van der Waals surface area contributed by atoms with Crippen LogP contribution in [0.3, 0.4) is 0 Å². The number of carbonyl (C=O) groups excluding carboxylic acids is 3. The largest absolute Gasteiger partial charge is 0.454 e. The molecule has 1 aliphatic rings. The molecule has 2 amide bonds. The highest BCUT2D eigenvalue weighted by Gasteiger charge is 2.29. The van der Waals surface area contributed by atoms with E-state index in [9.17, 15) is 22.8 Å². The van der Waals surface area contributed by atoms with Gasteiger partial charge in [-0.15, -0.1) is 0 Å². The highest BCUT2D eigenvalue weighted by Crippen LogP contribution is 2.11. The SMILES string of the molecule is CSCCC(NC(=O)c1cccc(C)c1)C(=O)OCC(=O)NC1CCS(=O)(=O)C1. The molecule has 0 aliphatic carbocycles. The highest BCUT2D eigenvalue weighted by atomic mass is 32.2. The van der Waals surface area contributed by atoms with Gasteiger partial charge >= 0.3 is 5.97 Å². The molecule has 0 spiro atoms. The molecule has 0 saturated carbocycles. The van der Waals surface area contributed by atoms with Crippen molar-refractivity contribution in [1.82, 2.24) is 10.6 Å². The number of amides is 2. The number of aryl methyl sites for hydroxylation is 1.